The average molecular weight is 461 g/mol. The van der Waals surface area contributed by atoms with Gasteiger partial charge in [0.2, 0.25) is 0 Å². The third kappa shape index (κ3) is 5.90. The van der Waals surface area contributed by atoms with E-state index in [9.17, 15) is 13.2 Å². The van der Waals surface area contributed by atoms with E-state index in [1.807, 2.05) is 0 Å². The normalized spacial score (nSPS) is 10.9. The van der Waals surface area contributed by atoms with Crippen molar-refractivity contribution in [3.05, 3.63) is 77.3 Å². The third-order valence-electron chi connectivity index (χ3n) is 4.29. The fraction of sp³-hybridized carbons (Fsp3) is 0.136. The van der Waals surface area contributed by atoms with Crippen LogP contribution in [-0.4, -0.2) is 28.0 Å². The molecule has 0 bridgehead atoms. The van der Waals surface area contributed by atoms with Crippen molar-refractivity contribution in [2.75, 3.05) is 23.8 Å². The van der Waals surface area contributed by atoms with Gasteiger partial charge < -0.3 is 14.8 Å². The SMILES string of the molecule is COc1ccccc1OCC(=O)Nc1ccc(C)c(S(=O)(=O)Nc2ccc(Cl)cc2)c1. The second-order valence-corrected chi connectivity index (χ2v) is 8.67. The Morgan fingerprint density at radius 3 is 2.29 bits per heavy atom. The van der Waals surface area contributed by atoms with Crippen LogP contribution in [0, 0.1) is 6.92 Å². The van der Waals surface area contributed by atoms with Gasteiger partial charge in [0.25, 0.3) is 15.9 Å². The molecule has 2 N–H and O–H groups in total. The van der Waals surface area contributed by atoms with Crippen LogP contribution in [-0.2, 0) is 14.8 Å². The molecule has 0 atom stereocenters. The first-order valence-corrected chi connectivity index (χ1v) is 11.1. The molecule has 31 heavy (non-hydrogen) atoms. The van der Waals surface area contributed by atoms with Crippen molar-refractivity contribution in [1.82, 2.24) is 0 Å². The van der Waals surface area contributed by atoms with E-state index < -0.39 is 15.9 Å². The smallest absolute Gasteiger partial charge is 0.262 e. The number of ether oxygens (including phenoxy) is 2. The summed E-state index contributed by atoms with van der Waals surface area (Å²) < 4.78 is 38.8. The lowest BCUT2D eigenvalue weighted by atomic mass is 10.2. The van der Waals surface area contributed by atoms with Crippen LogP contribution in [0.15, 0.2) is 71.6 Å². The number of aryl methyl sites for hydroxylation is 1. The van der Waals surface area contributed by atoms with E-state index in [0.717, 1.165) is 0 Å². The lowest BCUT2D eigenvalue weighted by molar-refractivity contribution is -0.118. The topological polar surface area (TPSA) is 93.7 Å². The molecule has 162 valence electrons. The zero-order valence-corrected chi connectivity index (χ0v) is 18.5. The lowest BCUT2D eigenvalue weighted by Crippen LogP contribution is -2.21. The Kier molecular flexibility index (Phi) is 7.04. The molecule has 0 unspecified atom stereocenters. The summed E-state index contributed by atoms with van der Waals surface area (Å²) in [5.74, 6) is 0.496. The zero-order chi connectivity index (χ0) is 22.4. The van der Waals surface area contributed by atoms with Crippen molar-refractivity contribution in [3.8, 4) is 11.5 Å². The molecule has 0 saturated carbocycles. The maximum atomic E-state index is 12.8. The zero-order valence-electron chi connectivity index (χ0n) is 16.9. The van der Waals surface area contributed by atoms with Crippen LogP contribution in [0.25, 0.3) is 0 Å². The van der Waals surface area contributed by atoms with Gasteiger partial charge in [-0.15, -0.1) is 0 Å². The maximum absolute atomic E-state index is 12.8. The Morgan fingerprint density at radius 2 is 1.61 bits per heavy atom. The van der Waals surface area contributed by atoms with Crippen molar-refractivity contribution in [2.24, 2.45) is 0 Å². The Hall–Kier alpha value is -3.23. The summed E-state index contributed by atoms with van der Waals surface area (Å²) in [7, 11) is -2.36. The Bertz CT molecular complexity index is 1180. The summed E-state index contributed by atoms with van der Waals surface area (Å²) in [5, 5.41) is 3.15. The predicted molar refractivity (Wildman–Crippen MR) is 121 cm³/mol. The summed E-state index contributed by atoms with van der Waals surface area (Å²) >= 11 is 5.84. The van der Waals surface area contributed by atoms with E-state index in [2.05, 4.69) is 10.0 Å². The second kappa shape index (κ2) is 9.72. The van der Waals surface area contributed by atoms with E-state index in [-0.39, 0.29) is 11.5 Å². The summed E-state index contributed by atoms with van der Waals surface area (Å²) in [5.41, 5.74) is 1.24. The number of para-hydroxylation sites is 2. The van der Waals surface area contributed by atoms with Gasteiger partial charge in [0, 0.05) is 16.4 Å². The van der Waals surface area contributed by atoms with Gasteiger partial charge in [0.15, 0.2) is 18.1 Å². The van der Waals surface area contributed by atoms with Crippen LogP contribution in [0.5, 0.6) is 11.5 Å². The quantitative estimate of drug-likeness (QED) is 0.517. The van der Waals surface area contributed by atoms with Gasteiger partial charge in [-0.25, -0.2) is 8.42 Å². The van der Waals surface area contributed by atoms with Crippen LogP contribution in [0.1, 0.15) is 5.56 Å². The van der Waals surface area contributed by atoms with Crippen LogP contribution < -0.4 is 19.5 Å². The highest BCUT2D eigenvalue weighted by atomic mass is 35.5. The number of rotatable bonds is 8. The molecular weight excluding hydrogens is 440 g/mol. The summed E-state index contributed by atoms with van der Waals surface area (Å²) in [6.45, 7) is 1.41. The molecule has 3 rings (SSSR count). The molecule has 1 amide bonds. The molecular formula is C22H21ClN2O5S. The number of hydrogen-bond donors (Lipinski definition) is 2. The standard InChI is InChI=1S/C22H21ClN2O5S/c1-15-7-10-18(24-22(26)14-30-20-6-4-3-5-19(20)29-2)13-21(15)31(27,28)25-17-11-8-16(23)9-12-17/h3-13,25H,14H2,1-2H3,(H,24,26). The number of methoxy groups -OCH3 is 1. The van der Waals surface area contributed by atoms with Crippen LogP contribution in [0.3, 0.4) is 0 Å². The minimum atomic E-state index is -3.87. The first-order valence-electron chi connectivity index (χ1n) is 9.23. The number of nitrogens with one attached hydrogen (secondary N) is 2. The number of carbonyl (C=O) groups is 1. The average Bonchev–Trinajstić information content (AvgIpc) is 2.75. The summed E-state index contributed by atoms with van der Waals surface area (Å²) in [6.07, 6.45) is 0. The monoisotopic (exact) mass is 460 g/mol. The minimum absolute atomic E-state index is 0.0471. The van der Waals surface area contributed by atoms with Crippen LogP contribution in [0.2, 0.25) is 5.02 Å². The number of sulfonamides is 1. The lowest BCUT2D eigenvalue weighted by Gasteiger charge is -2.13. The molecule has 3 aromatic carbocycles. The number of benzene rings is 3. The predicted octanol–water partition coefficient (Wildman–Crippen LogP) is 4.48. The van der Waals surface area contributed by atoms with Gasteiger partial charge in [-0.3, -0.25) is 9.52 Å². The number of carbonyl (C=O) groups excluding carboxylic acids is 1. The van der Waals surface area contributed by atoms with Gasteiger partial charge in [0.05, 0.1) is 12.0 Å². The first kappa shape index (κ1) is 22.5. The molecule has 0 radical (unpaired) electrons. The first-order chi connectivity index (χ1) is 14.8. The number of anilines is 2. The maximum Gasteiger partial charge on any atom is 0.262 e. The van der Waals surface area contributed by atoms with Gasteiger partial charge in [-0.1, -0.05) is 29.8 Å². The molecule has 0 aliphatic rings. The van der Waals surface area contributed by atoms with E-state index in [4.69, 9.17) is 21.1 Å². The number of halogens is 1. The molecule has 0 heterocycles. The van der Waals surface area contributed by atoms with E-state index in [1.165, 1.54) is 13.2 Å². The molecule has 0 aromatic heterocycles. The molecule has 9 heteroatoms. The molecule has 0 aliphatic carbocycles. The molecule has 0 spiro atoms. The van der Waals surface area contributed by atoms with E-state index in [0.29, 0.717) is 33.5 Å². The fourth-order valence-corrected chi connectivity index (χ4v) is 4.23. The highest BCUT2D eigenvalue weighted by Crippen LogP contribution is 2.26. The van der Waals surface area contributed by atoms with Crippen molar-refractivity contribution < 1.29 is 22.7 Å². The van der Waals surface area contributed by atoms with Gasteiger partial charge >= 0.3 is 0 Å². The van der Waals surface area contributed by atoms with Crippen molar-refractivity contribution >= 4 is 38.9 Å². The highest BCUT2D eigenvalue weighted by Gasteiger charge is 2.18. The molecule has 0 aliphatic heterocycles. The molecule has 0 fully saturated rings. The summed E-state index contributed by atoms with van der Waals surface area (Å²) in [4.78, 5) is 12.3. The van der Waals surface area contributed by atoms with Crippen LogP contribution >= 0.6 is 11.6 Å². The molecule has 7 nitrogen and oxygen atoms in total. The van der Waals surface area contributed by atoms with Gasteiger partial charge in [-0.2, -0.15) is 0 Å². The van der Waals surface area contributed by atoms with Crippen molar-refractivity contribution in [3.63, 3.8) is 0 Å². The number of hydrogen-bond acceptors (Lipinski definition) is 5. The number of amides is 1. The van der Waals surface area contributed by atoms with Crippen molar-refractivity contribution in [1.29, 1.82) is 0 Å². The molecule has 3 aromatic rings. The Labute approximate surface area is 186 Å². The third-order valence-corrected chi connectivity index (χ3v) is 6.06. The molecule has 0 saturated heterocycles. The van der Waals surface area contributed by atoms with Gasteiger partial charge in [0.1, 0.15) is 0 Å². The Morgan fingerprint density at radius 1 is 0.968 bits per heavy atom. The fourth-order valence-electron chi connectivity index (χ4n) is 2.77. The largest absolute Gasteiger partial charge is 0.493 e. The second-order valence-electron chi connectivity index (χ2n) is 6.58. The van der Waals surface area contributed by atoms with E-state index in [1.54, 1.807) is 67.6 Å². The minimum Gasteiger partial charge on any atom is -0.493 e. The van der Waals surface area contributed by atoms with Gasteiger partial charge in [-0.05, 0) is 61.0 Å². The highest BCUT2D eigenvalue weighted by molar-refractivity contribution is 7.92. The summed E-state index contributed by atoms with van der Waals surface area (Å²) in [6, 6.07) is 17.9. The van der Waals surface area contributed by atoms with Crippen molar-refractivity contribution in [2.45, 2.75) is 11.8 Å². The van der Waals surface area contributed by atoms with Crippen LogP contribution in [0.4, 0.5) is 11.4 Å². The van der Waals surface area contributed by atoms with E-state index >= 15 is 0 Å². The Balaban J connectivity index is 1.71.